The molecule has 0 aliphatic carbocycles. The lowest BCUT2D eigenvalue weighted by molar-refractivity contribution is 0.102. The fraction of sp³-hybridized carbons (Fsp3) is 0.174. The van der Waals surface area contributed by atoms with Gasteiger partial charge in [0.15, 0.2) is 0 Å². The van der Waals surface area contributed by atoms with Gasteiger partial charge in [-0.05, 0) is 56.0 Å². The Balaban J connectivity index is 1.82. The molecule has 0 atom stereocenters. The van der Waals surface area contributed by atoms with Gasteiger partial charge >= 0.3 is 0 Å². The summed E-state index contributed by atoms with van der Waals surface area (Å²) >= 11 is 0. The molecule has 0 saturated heterocycles. The number of hydrogen-bond donors (Lipinski definition) is 2. The van der Waals surface area contributed by atoms with Crippen molar-refractivity contribution in [3.05, 3.63) is 88.2 Å². The number of hydrogen-bond acceptors (Lipinski definition) is 3. The van der Waals surface area contributed by atoms with Gasteiger partial charge in [0.2, 0.25) is 0 Å². The Hall–Kier alpha value is -3.47. The van der Waals surface area contributed by atoms with Crippen molar-refractivity contribution >= 4 is 23.2 Å². The van der Waals surface area contributed by atoms with E-state index in [2.05, 4.69) is 15.6 Å². The third-order valence-corrected chi connectivity index (χ3v) is 4.70. The molecule has 0 saturated carbocycles. The van der Waals surface area contributed by atoms with Crippen molar-refractivity contribution in [1.29, 1.82) is 0 Å². The third kappa shape index (κ3) is 4.09. The van der Waals surface area contributed by atoms with Crippen LogP contribution in [0.25, 0.3) is 0 Å². The van der Waals surface area contributed by atoms with E-state index in [1.807, 2.05) is 64.1 Å². The number of pyridine rings is 1. The van der Waals surface area contributed by atoms with Crippen molar-refractivity contribution in [3.63, 3.8) is 0 Å². The molecule has 0 aliphatic rings. The van der Waals surface area contributed by atoms with Crippen molar-refractivity contribution in [2.75, 3.05) is 10.6 Å². The van der Waals surface area contributed by atoms with E-state index >= 15 is 0 Å². The van der Waals surface area contributed by atoms with Gasteiger partial charge in [0.1, 0.15) is 0 Å². The number of carbonyl (C=O) groups excluding carboxylic acids is 2. The molecule has 2 aromatic carbocycles. The lowest BCUT2D eigenvalue weighted by atomic mass is 10.1. The molecule has 28 heavy (non-hydrogen) atoms. The molecule has 2 N–H and O–H groups in total. The van der Waals surface area contributed by atoms with Gasteiger partial charge in [0.25, 0.3) is 11.8 Å². The normalized spacial score (nSPS) is 10.4. The van der Waals surface area contributed by atoms with E-state index < -0.39 is 0 Å². The minimum absolute atomic E-state index is 0.299. The van der Waals surface area contributed by atoms with Crippen LogP contribution in [-0.4, -0.2) is 16.8 Å². The maximum atomic E-state index is 12.7. The Morgan fingerprint density at radius 2 is 1.04 bits per heavy atom. The average Bonchev–Trinajstić information content (AvgIpc) is 2.67. The number of amides is 2. The van der Waals surface area contributed by atoms with E-state index in [1.165, 1.54) is 12.4 Å². The van der Waals surface area contributed by atoms with Crippen molar-refractivity contribution in [2.45, 2.75) is 27.7 Å². The van der Waals surface area contributed by atoms with Gasteiger partial charge < -0.3 is 10.6 Å². The lowest BCUT2D eigenvalue weighted by Gasteiger charge is -2.13. The summed E-state index contributed by atoms with van der Waals surface area (Å²) in [6.45, 7) is 7.76. The van der Waals surface area contributed by atoms with Crippen molar-refractivity contribution in [1.82, 2.24) is 4.98 Å². The first-order valence-electron chi connectivity index (χ1n) is 9.07. The molecule has 1 aromatic heterocycles. The van der Waals surface area contributed by atoms with E-state index in [0.717, 1.165) is 33.6 Å². The van der Waals surface area contributed by atoms with Gasteiger partial charge in [-0.1, -0.05) is 36.4 Å². The van der Waals surface area contributed by atoms with Gasteiger partial charge in [-0.2, -0.15) is 0 Å². The Kier molecular flexibility index (Phi) is 5.54. The third-order valence-electron chi connectivity index (χ3n) is 4.70. The predicted molar refractivity (Wildman–Crippen MR) is 112 cm³/mol. The number of nitrogens with zero attached hydrogens (tertiary/aromatic N) is 1. The second kappa shape index (κ2) is 8.05. The minimum atomic E-state index is -0.299. The number of nitrogens with one attached hydrogen (secondary N) is 2. The lowest BCUT2D eigenvalue weighted by Crippen LogP contribution is -2.17. The number of anilines is 2. The highest BCUT2D eigenvalue weighted by atomic mass is 16.2. The highest BCUT2D eigenvalue weighted by molar-refractivity contribution is 6.09. The fourth-order valence-corrected chi connectivity index (χ4v) is 3.08. The van der Waals surface area contributed by atoms with Crippen LogP contribution in [0.4, 0.5) is 11.4 Å². The van der Waals surface area contributed by atoms with E-state index in [-0.39, 0.29) is 11.8 Å². The van der Waals surface area contributed by atoms with Gasteiger partial charge in [0, 0.05) is 23.8 Å². The maximum Gasteiger partial charge on any atom is 0.257 e. The van der Waals surface area contributed by atoms with Crippen LogP contribution >= 0.6 is 0 Å². The summed E-state index contributed by atoms with van der Waals surface area (Å²) in [5.41, 5.74) is 6.12. The highest BCUT2D eigenvalue weighted by Gasteiger charge is 2.14. The summed E-state index contributed by atoms with van der Waals surface area (Å²) < 4.78 is 0. The van der Waals surface area contributed by atoms with E-state index in [1.54, 1.807) is 6.07 Å². The fourth-order valence-electron chi connectivity index (χ4n) is 3.08. The van der Waals surface area contributed by atoms with Crippen molar-refractivity contribution in [3.8, 4) is 0 Å². The van der Waals surface area contributed by atoms with Crippen LogP contribution in [0, 0.1) is 27.7 Å². The molecule has 0 fully saturated rings. The maximum absolute atomic E-state index is 12.7. The quantitative estimate of drug-likeness (QED) is 0.689. The Labute approximate surface area is 164 Å². The number of para-hydroxylation sites is 2. The van der Waals surface area contributed by atoms with E-state index in [0.29, 0.717) is 11.1 Å². The Morgan fingerprint density at radius 1 is 0.679 bits per heavy atom. The first-order chi connectivity index (χ1) is 13.4. The summed E-state index contributed by atoms with van der Waals surface area (Å²) in [7, 11) is 0. The molecule has 3 rings (SSSR count). The smallest absolute Gasteiger partial charge is 0.257 e. The molecule has 0 radical (unpaired) electrons. The van der Waals surface area contributed by atoms with Gasteiger partial charge in [-0.15, -0.1) is 0 Å². The number of rotatable bonds is 4. The molecule has 5 nitrogen and oxygen atoms in total. The molecular weight excluding hydrogens is 350 g/mol. The number of carbonyl (C=O) groups is 2. The summed E-state index contributed by atoms with van der Waals surface area (Å²) in [5.74, 6) is -0.599. The van der Waals surface area contributed by atoms with Crippen molar-refractivity contribution in [2.24, 2.45) is 0 Å². The van der Waals surface area contributed by atoms with E-state index in [9.17, 15) is 9.59 Å². The van der Waals surface area contributed by atoms with Gasteiger partial charge in [0.05, 0.1) is 11.1 Å². The zero-order valence-electron chi connectivity index (χ0n) is 16.5. The molecule has 3 aromatic rings. The zero-order chi connectivity index (χ0) is 20.3. The monoisotopic (exact) mass is 373 g/mol. The average molecular weight is 373 g/mol. The predicted octanol–water partition coefficient (Wildman–Crippen LogP) is 4.82. The molecule has 1 heterocycles. The molecule has 0 spiro atoms. The summed E-state index contributed by atoms with van der Waals surface area (Å²) in [5, 5.41) is 5.84. The second-order valence-corrected chi connectivity index (χ2v) is 6.90. The van der Waals surface area contributed by atoms with Crippen molar-refractivity contribution < 1.29 is 9.59 Å². The van der Waals surface area contributed by atoms with Crippen LogP contribution in [0.5, 0.6) is 0 Å². The molecule has 142 valence electrons. The molecule has 0 aliphatic heterocycles. The van der Waals surface area contributed by atoms with Crippen LogP contribution in [0.2, 0.25) is 0 Å². The largest absolute Gasteiger partial charge is 0.321 e. The SMILES string of the molecule is Cc1cccc(C)c1NC(=O)c1cncc(C(=O)Nc2c(C)cccc2C)c1. The first-order valence-corrected chi connectivity index (χ1v) is 9.07. The Morgan fingerprint density at radius 3 is 1.39 bits per heavy atom. The summed E-state index contributed by atoms with van der Waals surface area (Å²) in [4.78, 5) is 29.4. The molecule has 2 amide bonds. The molecule has 0 unspecified atom stereocenters. The Bertz CT molecular complexity index is 936. The molecule has 5 heteroatoms. The highest BCUT2D eigenvalue weighted by Crippen LogP contribution is 2.22. The van der Waals surface area contributed by atoms with Crippen LogP contribution in [0.15, 0.2) is 54.9 Å². The standard InChI is InChI=1S/C23H23N3O2/c1-14-7-5-8-15(2)20(14)25-22(27)18-11-19(13-24-12-18)23(28)26-21-16(3)9-6-10-17(21)4/h5-13H,1-4H3,(H,25,27)(H,26,28). The summed E-state index contributed by atoms with van der Waals surface area (Å²) in [6, 6.07) is 13.2. The summed E-state index contributed by atoms with van der Waals surface area (Å²) in [6.07, 6.45) is 2.91. The van der Waals surface area contributed by atoms with Crippen LogP contribution in [0.1, 0.15) is 43.0 Å². The minimum Gasteiger partial charge on any atom is -0.321 e. The second-order valence-electron chi connectivity index (χ2n) is 6.90. The number of aromatic nitrogens is 1. The van der Waals surface area contributed by atoms with Crippen LogP contribution in [-0.2, 0) is 0 Å². The topological polar surface area (TPSA) is 71.1 Å². The van der Waals surface area contributed by atoms with E-state index in [4.69, 9.17) is 0 Å². The number of benzene rings is 2. The molecular formula is C23H23N3O2. The molecule has 0 bridgehead atoms. The zero-order valence-corrected chi connectivity index (χ0v) is 16.5. The van der Waals surface area contributed by atoms with Gasteiger partial charge in [-0.25, -0.2) is 0 Å². The van der Waals surface area contributed by atoms with Crippen LogP contribution in [0.3, 0.4) is 0 Å². The number of aryl methyl sites for hydroxylation is 4. The van der Waals surface area contributed by atoms with Gasteiger partial charge in [-0.3, -0.25) is 14.6 Å². The van der Waals surface area contributed by atoms with Crippen LogP contribution < -0.4 is 10.6 Å². The first kappa shape index (κ1) is 19.3.